The first-order chi connectivity index (χ1) is 8.85. The summed E-state index contributed by atoms with van der Waals surface area (Å²) in [4.78, 5) is 0. The van der Waals surface area contributed by atoms with Gasteiger partial charge in [0.25, 0.3) is 0 Å². The number of hydrogen-bond acceptors (Lipinski definition) is 2. The Morgan fingerprint density at radius 3 is 1.79 bits per heavy atom. The van der Waals surface area contributed by atoms with Gasteiger partial charge in [-0.2, -0.15) is 0 Å². The van der Waals surface area contributed by atoms with Crippen LogP contribution in [0.4, 0.5) is 0 Å². The molecule has 0 saturated carbocycles. The normalized spacial score (nSPS) is 12.2. The second-order valence-corrected chi connectivity index (χ2v) is 3.35. The molecule has 0 N–H and O–H groups in total. The van der Waals surface area contributed by atoms with Gasteiger partial charge in [0, 0.05) is 19.6 Å². The van der Waals surface area contributed by atoms with Gasteiger partial charge in [-0.1, -0.05) is 36.5 Å². The molecule has 0 saturated heterocycles. The fourth-order valence-electron chi connectivity index (χ4n) is 1.21. The van der Waals surface area contributed by atoms with Crippen molar-refractivity contribution in [1.82, 2.24) is 0 Å². The first-order valence-corrected chi connectivity index (χ1v) is 6.28. The fourth-order valence-corrected chi connectivity index (χ4v) is 1.21. The smallest absolute Gasteiger partial charge is 0.353 e. The van der Waals surface area contributed by atoms with Crippen LogP contribution in [0.1, 0.15) is 20.3 Å². The van der Waals surface area contributed by atoms with E-state index in [4.69, 9.17) is 16.1 Å². The van der Waals surface area contributed by atoms with Crippen LogP contribution in [0, 0.1) is 6.58 Å². The van der Waals surface area contributed by atoms with Gasteiger partial charge in [-0.05, 0) is 13.8 Å². The van der Waals surface area contributed by atoms with E-state index in [1.807, 2.05) is 56.4 Å². The van der Waals surface area contributed by atoms with Gasteiger partial charge in [-0.3, -0.25) is 6.58 Å². The third kappa shape index (κ3) is 15.2. The van der Waals surface area contributed by atoms with Crippen LogP contribution in [0.2, 0.25) is 0 Å². The van der Waals surface area contributed by atoms with E-state index >= 15 is 0 Å². The molecule has 2 nitrogen and oxygen atoms in total. The zero-order valence-electron chi connectivity index (χ0n) is 12.3. The van der Waals surface area contributed by atoms with E-state index in [1.54, 1.807) is 6.08 Å². The Kier molecular flexibility index (Phi) is 18.6. The Bertz CT molecular complexity index is 298. The van der Waals surface area contributed by atoms with Crippen LogP contribution in [-0.2, 0) is 9.47 Å². The number of ether oxygens (including phenoxy) is 2. The quantitative estimate of drug-likeness (QED) is 0.250. The summed E-state index contributed by atoms with van der Waals surface area (Å²) in [5, 5.41) is 0. The third-order valence-corrected chi connectivity index (χ3v) is 1.95. The van der Waals surface area contributed by atoms with Gasteiger partial charge in [0.2, 0.25) is 0 Å². The molecule has 0 aromatic heterocycles. The molecule has 0 atom stereocenters. The van der Waals surface area contributed by atoms with Crippen LogP contribution in [0.15, 0.2) is 54.7 Å². The predicted molar refractivity (Wildman–Crippen MR) is 77.1 cm³/mol. The molecule has 0 unspecified atom stereocenters. The van der Waals surface area contributed by atoms with Crippen molar-refractivity contribution in [3.63, 3.8) is 0 Å². The Balaban J connectivity index is 0. The topological polar surface area (TPSA) is 18.5 Å². The van der Waals surface area contributed by atoms with E-state index < -0.39 is 0 Å². The average Bonchev–Trinajstić information content (AvgIpc) is 2.37. The number of hydrogen-bond donors (Lipinski definition) is 0. The molecule has 0 amide bonds. The maximum Gasteiger partial charge on any atom is 1.00 e. The van der Waals surface area contributed by atoms with E-state index in [0.717, 1.165) is 6.42 Å². The minimum absolute atomic E-state index is 0. The summed E-state index contributed by atoms with van der Waals surface area (Å²) >= 11 is 0. The van der Waals surface area contributed by atoms with Crippen molar-refractivity contribution in [3.8, 4) is 0 Å². The van der Waals surface area contributed by atoms with E-state index in [0.29, 0.717) is 13.2 Å². The average molecular weight is 254 g/mol. The second kappa shape index (κ2) is 17.2. The Morgan fingerprint density at radius 2 is 1.32 bits per heavy atom. The fraction of sp³-hybridized carbons (Fsp3) is 0.375. The van der Waals surface area contributed by atoms with E-state index in [1.165, 1.54) is 6.08 Å². The summed E-state index contributed by atoms with van der Waals surface area (Å²) in [6.45, 7) is 10.5. The van der Waals surface area contributed by atoms with Crippen molar-refractivity contribution >= 4 is 0 Å². The van der Waals surface area contributed by atoms with Gasteiger partial charge in [-0.15, -0.1) is 6.08 Å². The second-order valence-electron chi connectivity index (χ2n) is 3.35. The predicted octanol–water partition coefficient (Wildman–Crippen LogP) is 0.994. The molecule has 0 aromatic rings. The van der Waals surface area contributed by atoms with Gasteiger partial charge in [-0.25, -0.2) is 12.2 Å². The van der Waals surface area contributed by atoms with Crippen molar-refractivity contribution in [2.45, 2.75) is 26.6 Å². The molecule has 0 rings (SSSR count). The summed E-state index contributed by atoms with van der Waals surface area (Å²) in [6, 6.07) is 0. The summed E-state index contributed by atoms with van der Waals surface area (Å²) in [6.07, 6.45) is 17.5. The van der Waals surface area contributed by atoms with Crippen LogP contribution < -0.4 is 18.9 Å². The SMILES string of the molecule is [CH-]=C/C=C/C=C/C=C/C=C/CC(OCC)OCC.[Li+]. The Hall–Kier alpha value is -0.783. The number of rotatable bonds is 10. The van der Waals surface area contributed by atoms with Crippen molar-refractivity contribution in [3.05, 3.63) is 61.3 Å². The molecule has 0 bridgehead atoms. The van der Waals surface area contributed by atoms with E-state index in [2.05, 4.69) is 0 Å². The minimum atomic E-state index is -0.136. The Morgan fingerprint density at radius 1 is 0.842 bits per heavy atom. The zero-order chi connectivity index (χ0) is 13.5. The summed E-state index contributed by atoms with van der Waals surface area (Å²) < 4.78 is 10.8. The molecule has 0 radical (unpaired) electrons. The van der Waals surface area contributed by atoms with Gasteiger partial charge in [0.05, 0.1) is 0 Å². The Labute approximate surface area is 129 Å². The molecule has 100 valence electrons. The number of allylic oxidation sites excluding steroid dienone is 8. The summed E-state index contributed by atoms with van der Waals surface area (Å²) in [5.74, 6) is 0. The molecule has 0 aliphatic rings. The molecule has 0 aromatic carbocycles. The first kappa shape index (κ1) is 20.5. The maximum atomic E-state index is 5.42. The van der Waals surface area contributed by atoms with Gasteiger partial charge in [0.15, 0.2) is 6.29 Å². The van der Waals surface area contributed by atoms with Crippen LogP contribution in [0.5, 0.6) is 0 Å². The van der Waals surface area contributed by atoms with E-state index in [9.17, 15) is 0 Å². The van der Waals surface area contributed by atoms with Crippen LogP contribution in [-0.4, -0.2) is 19.5 Å². The summed E-state index contributed by atoms with van der Waals surface area (Å²) in [7, 11) is 0. The standard InChI is InChI=1S/C16H23O2.Li/c1-4-7-8-9-10-11-12-13-14-15-16(17-5-2)18-6-3;/h1,4,7-14,16H,5-6,15H2,2-3H3;/q-1;+1/b8-7+,10-9+,12-11+,14-13+;. The molecular weight excluding hydrogens is 231 g/mol. The first-order valence-electron chi connectivity index (χ1n) is 6.28. The van der Waals surface area contributed by atoms with Crippen LogP contribution in [0.3, 0.4) is 0 Å². The van der Waals surface area contributed by atoms with Gasteiger partial charge >= 0.3 is 18.9 Å². The minimum Gasteiger partial charge on any atom is -0.353 e. The van der Waals surface area contributed by atoms with Crippen molar-refractivity contribution in [2.24, 2.45) is 0 Å². The van der Waals surface area contributed by atoms with Crippen LogP contribution >= 0.6 is 0 Å². The molecule has 0 heterocycles. The summed E-state index contributed by atoms with van der Waals surface area (Å²) in [5.41, 5.74) is 0. The molecule has 0 aliphatic carbocycles. The molecule has 0 aliphatic heterocycles. The van der Waals surface area contributed by atoms with Crippen molar-refractivity contribution in [1.29, 1.82) is 0 Å². The monoisotopic (exact) mass is 254 g/mol. The largest absolute Gasteiger partial charge is 1.00 e. The molecule has 19 heavy (non-hydrogen) atoms. The third-order valence-electron chi connectivity index (χ3n) is 1.95. The van der Waals surface area contributed by atoms with Crippen molar-refractivity contribution < 1.29 is 28.3 Å². The van der Waals surface area contributed by atoms with Crippen molar-refractivity contribution in [2.75, 3.05) is 13.2 Å². The molecule has 0 spiro atoms. The maximum absolute atomic E-state index is 5.42. The zero-order valence-corrected chi connectivity index (χ0v) is 12.3. The van der Waals surface area contributed by atoms with Gasteiger partial charge < -0.3 is 9.47 Å². The molecular formula is C16H23LiO2. The van der Waals surface area contributed by atoms with E-state index in [-0.39, 0.29) is 25.2 Å². The van der Waals surface area contributed by atoms with Gasteiger partial charge in [0.1, 0.15) is 0 Å². The molecule has 3 heteroatoms. The molecule has 0 fully saturated rings. The van der Waals surface area contributed by atoms with Crippen LogP contribution in [0.25, 0.3) is 0 Å².